The van der Waals surface area contributed by atoms with E-state index >= 15 is 0 Å². The molecule has 1 aromatic rings. The first kappa shape index (κ1) is 17.6. The monoisotopic (exact) mass is 371 g/mol. The maximum Gasteiger partial charge on any atom is 0.317 e. The number of ether oxygens (including phenoxy) is 1. The molecule has 0 bridgehead atoms. The molecule has 1 fully saturated rings. The number of nitrogens with two attached hydrogens (primary N) is 1. The van der Waals surface area contributed by atoms with Crippen LogP contribution in [-0.4, -0.2) is 47.0 Å². The van der Waals surface area contributed by atoms with Gasteiger partial charge in [0.15, 0.2) is 5.96 Å². The lowest BCUT2D eigenvalue weighted by Gasteiger charge is -2.40. The molecule has 1 aromatic carbocycles. The van der Waals surface area contributed by atoms with Crippen molar-refractivity contribution >= 4 is 17.9 Å². The Bertz CT molecular complexity index is 811. The zero-order chi connectivity index (χ0) is 19.2. The summed E-state index contributed by atoms with van der Waals surface area (Å²) in [5, 5.41) is 5.71. The fourth-order valence-corrected chi connectivity index (χ4v) is 4.13. The second-order valence-corrected chi connectivity index (χ2v) is 8.08. The van der Waals surface area contributed by atoms with Gasteiger partial charge in [-0.2, -0.15) is 0 Å². The number of carbonyl (C=O) groups is 2. The number of urea groups is 1. The summed E-state index contributed by atoms with van der Waals surface area (Å²) >= 11 is 0. The predicted octanol–water partition coefficient (Wildman–Crippen LogP) is 1.28. The Hall–Kier alpha value is -2.77. The van der Waals surface area contributed by atoms with Crippen LogP contribution < -0.4 is 21.1 Å². The van der Waals surface area contributed by atoms with E-state index in [-0.39, 0.29) is 29.5 Å². The Morgan fingerprint density at radius 2 is 2.04 bits per heavy atom. The molecule has 4 rings (SSSR count). The van der Waals surface area contributed by atoms with Crippen LogP contribution in [0.25, 0.3) is 0 Å². The Morgan fingerprint density at radius 3 is 2.70 bits per heavy atom. The van der Waals surface area contributed by atoms with Crippen LogP contribution in [0.15, 0.2) is 29.3 Å². The third kappa shape index (κ3) is 3.20. The van der Waals surface area contributed by atoms with Gasteiger partial charge in [-0.1, -0.05) is 18.2 Å². The van der Waals surface area contributed by atoms with Gasteiger partial charge in [0.2, 0.25) is 0 Å². The molecule has 0 aromatic heterocycles. The van der Waals surface area contributed by atoms with Gasteiger partial charge in [-0.15, -0.1) is 0 Å². The van der Waals surface area contributed by atoms with Gasteiger partial charge in [0.25, 0.3) is 5.91 Å². The second-order valence-electron chi connectivity index (χ2n) is 8.08. The zero-order valence-corrected chi connectivity index (χ0v) is 15.6. The number of carbonyl (C=O) groups excluding carboxylic acids is 2. The van der Waals surface area contributed by atoms with Crippen LogP contribution in [-0.2, 0) is 4.79 Å². The first-order valence-electron chi connectivity index (χ1n) is 9.28. The second kappa shape index (κ2) is 6.14. The van der Waals surface area contributed by atoms with E-state index in [1.165, 1.54) is 0 Å². The van der Waals surface area contributed by atoms with E-state index in [1.54, 1.807) is 4.90 Å². The Balaban J connectivity index is 1.44. The molecule has 3 amide bonds. The number of fused-ring (bicyclic) bond motifs is 1. The number of rotatable bonds is 1. The van der Waals surface area contributed by atoms with Gasteiger partial charge in [0, 0.05) is 25.1 Å². The van der Waals surface area contributed by atoms with Crippen molar-refractivity contribution in [2.75, 3.05) is 13.1 Å². The molecule has 1 saturated heterocycles. The minimum absolute atomic E-state index is 0.114. The molecular weight excluding hydrogens is 346 g/mol. The first-order valence-corrected chi connectivity index (χ1v) is 9.28. The highest BCUT2D eigenvalue weighted by Gasteiger charge is 2.46. The average molecular weight is 371 g/mol. The van der Waals surface area contributed by atoms with Gasteiger partial charge in [-0.05, 0) is 32.8 Å². The van der Waals surface area contributed by atoms with Crippen LogP contribution in [0.5, 0.6) is 5.75 Å². The van der Waals surface area contributed by atoms with E-state index < -0.39 is 5.54 Å². The quantitative estimate of drug-likeness (QED) is 0.691. The minimum Gasteiger partial charge on any atom is -0.487 e. The number of amides is 3. The molecule has 1 spiro atoms. The van der Waals surface area contributed by atoms with E-state index in [4.69, 9.17) is 10.5 Å². The maximum atomic E-state index is 12.8. The number of para-hydroxylation sites is 1. The number of aliphatic imine (C=N–C) groups is 1. The first-order chi connectivity index (χ1) is 12.8. The third-order valence-electron chi connectivity index (χ3n) is 5.55. The van der Waals surface area contributed by atoms with Crippen molar-refractivity contribution in [3.05, 3.63) is 29.8 Å². The number of hydrogen-bond acceptors (Lipinski definition) is 5. The largest absolute Gasteiger partial charge is 0.487 e. The zero-order valence-electron chi connectivity index (χ0n) is 15.6. The van der Waals surface area contributed by atoms with E-state index in [9.17, 15) is 9.59 Å². The Morgan fingerprint density at radius 1 is 1.33 bits per heavy atom. The SMILES string of the molecule is CC1(C)CC(NC(=O)N2CCC3(CC2)N=C(N)NC3=O)c2ccccc2O1. The van der Waals surface area contributed by atoms with Crippen LogP contribution >= 0.6 is 0 Å². The number of guanidine groups is 1. The van der Waals surface area contributed by atoms with Crippen molar-refractivity contribution in [3.8, 4) is 5.75 Å². The molecule has 0 aliphatic carbocycles. The lowest BCUT2D eigenvalue weighted by atomic mass is 9.88. The summed E-state index contributed by atoms with van der Waals surface area (Å²) in [5.41, 5.74) is 5.46. The normalized spacial score (nSPS) is 25.3. The number of likely N-dealkylation sites (tertiary alicyclic amines) is 1. The van der Waals surface area contributed by atoms with Gasteiger partial charge in [-0.3, -0.25) is 10.1 Å². The maximum absolute atomic E-state index is 12.8. The smallest absolute Gasteiger partial charge is 0.317 e. The van der Waals surface area contributed by atoms with E-state index in [1.807, 2.05) is 38.1 Å². The van der Waals surface area contributed by atoms with Crippen molar-refractivity contribution in [1.82, 2.24) is 15.5 Å². The lowest BCUT2D eigenvalue weighted by Crippen LogP contribution is -2.53. The number of piperidine rings is 1. The third-order valence-corrected chi connectivity index (χ3v) is 5.55. The van der Waals surface area contributed by atoms with Crippen molar-refractivity contribution in [1.29, 1.82) is 0 Å². The van der Waals surface area contributed by atoms with Gasteiger partial charge < -0.3 is 20.7 Å². The van der Waals surface area contributed by atoms with Gasteiger partial charge in [-0.25, -0.2) is 9.79 Å². The summed E-state index contributed by atoms with van der Waals surface area (Å²) in [6.07, 6.45) is 1.64. The summed E-state index contributed by atoms with van der Waals surface area (Å²) in [5.74, 6) is 0.809. The molecule has 27 heavy (non-hydrogen) atoms. The molecule has 3 aliphatic rings. The molecule has 3 aliphatic heterocycles. The Kier molecular flexibility index (Phi) is 4.01. The van der Waals surface area contributed by atoms with E-state index in [0.717, 1.165) is 11.3 Å². The lowest BCUT2D eigenvalue weighted by molar-refractivity contribution is -0.125. The molecule has 144 valence electrons. The summed E-state index contributed by atoms with van der Waals surface area (Å²) in [6, 6.07) is 7.56. The van der Waals surface area contributed by atoms with Gasteiger partial charge in [0.05, 0.1) is 6.04 Å². The molecule has 0 saturated carbocycles. The van der Waals surface area contributed by atoms with E-state index in [2.05, 4.69) is 15.6 Å². The Labute approximate surface area is 158 Å². The van der Waals surface area contributed by atoms with Crippen LogP contribution in [0.3, 0.4) is 0 Å². The molecule has 1 atom stereocenters. The topological polar surface area (TPSA) is 109 Å². The number of nitrogens with zero attached hydrogens (tertiary/aromatic N) is 2. The number of hydrogen-bond donors (Lipinski definition) is 3. The minimum atomic E-state index is -0.811. The van der Waals surface area contributed by atoms with Crippen molar-refractivity contribution < 1.29 is 14.3 Å². The van der Waals surface area contributed by atoms with Crippen molar-refractivity contribution in [2.24, 2.45) is 10.7 Å². The van der Waals surface area contributed by atoms with Crippen LogP contribution in [0.2, 0.25) is 0 Å². The van der Waals surface area contributed by atoms with Crippen molar-refractivity contribution in [3.63, 3.8) is 0 Å². The van der Waals surface area contributed by atoms with Gasteiger partial charge >= 0.3 is 6.03 Å². The van der Waals surface area contributed by atoms with Gasteiger partial charge in [0.1, 0.15) is 16.9 Å². The van der Waals surface area contributed by atoms with Crippen molar-refractivity contribution in [2.45, 2.75) is 50.3 Å². The molecular formula is C19H25N5O3. The highest BCUT2D eigenvalue weighted by molar-refractivity contribution is 6.06. The summed E-state index contributed by atoms with van der Waals surface area (Å²) in [4.78, 5) is 31.0. The predicted molar refractivity (Wildman–Crippen MR) is 100 cm³/mol. The summed E-state index contributed by atoms with van der Waals surface area (Å²) < 4.78 is 6.03. The molecule has 4 N–H and O–H groups in total. The van der Waals surface area contributed by atoms with Crippen LogP contribution in [0.4, 0.5) is 4.79 Å². The molecule has 8 heteroatoms. The highest BCUT2D eigenvalue weighted by atomic mass is 16.5. The molecule has 3 heterocycles. The van der Waals surface area contributed by atoms with Crippen LogP contribution in [0.1, 0.15) is 44.7 Å². The number of nitrogens with one attached hydrogen (secondary N) is 2. The fourth-order valence-electron chi connectivity index (χ4n) is 4.13. The highest BCUT2D eigenvalue weighted by Crippen LogP contribution is 2.39. The molecule has 1 unspecified atom stereocenters. The van der Waals surface area contributed by atoms with E-state index in [0.29, 0.717) is 32.4 Å². The standard InChI is InChI=1S/C19H25N5O3/c1-18(2)11-13(12-5-3-4-6-14(12)27-18)21-17(26)24-9-7-19(8-10-24)15(25)22-16(20)23-19/h3-6,13H,7-11H2,1-2H3,(H,21,26)(H3,20,22,23,25). The number of benzene rings is 1. The average Bonchev–Trinajstić information content (AvgIpc) is 2.87. The fraction of sp³-hybridized carbons (Fsp3) is 0.526. The molecule has 8 nitrogen and oxygen atoms in total. The summed E-state index contributed by atoms with van der Waals surface area (Å²) in [7, 11) is 0. The van der Waals surface area contributed by atoms with Crippen LogP contribution in [0, 0.1) is 0 Å². The molecule has 0 radical (unpaired) electrons. The summed E-state index contributed by atoms with van der Waals surface area (Å²) in [6.45, 7) is 4.97.